The first-order valence-electron chi connectivity index (χ1n) is 7.46. The van der Waals surface area contributed by atoms with Crippen LogP contribution in [0.4, 0.5) is 0 Å². The Balaban J connectivity index is 0.000000745. The van der Waals surface area contributed by atoms with Gasteiger partial charge in [0.05, 0.1) is 13.1 Å². The summed E-state index contributed by atoms with van der Waals surface area (Å²) < 4.78 is 11.8. The second-order valence-electron chi connectivity index (χ2n) is 5.84. The van der Waals surface area contributed by atoms with Crippen LogP contribution < -0.4 is 0 Å². The van der Waals surface area contributed by atoms with Crippen LogP contribution >= 0.6 is 28.5 Å². The van der Waals surface area contributed by atoms with Crippen molar-refractivity contribution in [3.63, 3.8) is 0 Å². The van der Waals surface area contributed by atoms with E-state index in [2.05, 4.69) is 73.1 Å². The number of hydrogen-bond donors (Lipinski definition) is 0. The predicted octanol–water partition coefficient (Wildman–Crippen LogP) is 3.82. The monoisotopic (exact) mass is 483 g/mol. The van der Waals surface area contributed by atoms with E-state index in [1.54, 1.807) is 0 Å². The Morgan fingerprint density at radius 1 is 1.05 bits per heavy atom. The molecule has 22 heavy (non-hydrogen) atoms. The van der Waals surface area contributed by atoms with Crippen molar-refractivity contribution in [3.05, 3.63) is 0 Å². The second kappa shape index (κ2) is 10.1. The number of nitrogens with zero attached hydrogens (tertiary/aromatic N) is 3. The summed E-state index contributed by atoms with van der Waals surface area (Å²) in [6.45, 7) is 12.9. The van der Waals surface area contributed by atoms with Gasteiger partial charge in [0.1, 0.15) is 12.2 Å². The van der Waals surface area contributed by atoms with Crippen molar-refractivity contribution in [1.82, 2.24) is 4.90 Å². The fraction of sp³-hybridized carbons (Fsp3) is 0.857. The molecule has 2 atom stereocenters. The molecule has 8 heteroatoms. The van der Waals surface area contributed by atoms with E-state index in [0.717, 1.165) is 19.6 Å². The zero-order chi connectivity index (χ0) is 16.7. The van der Waals surface area contributed by atoms with Gasteiger partial charge in [-0.2, -0.15) is 0 Å². The van der Waals surface area contributed by atoms with E-state index in [0.29, 0.717) is 23.9 Å². The van der Waals surface area contributed by atoms with E-state index < -0.39 is 0 Å². The molecular weight excluding hydrogens is 461 g/mol. The van der Waals surface area contributed by atoms with Gasteiger partial charge in [-0.05, 0) is 18.8 Å². The van der Waals surface area contributed by atoms with Crippen LogP contribution in [0.15, 0.2) is 9.98 Å². The van der Waals surface area contributed by atoms with Crippen molar-refractivity contribution in [1.29, 1.82) is 0 Å². The van der Waals surface area contributed by atoms with Crippen molar-refractivity contribution < 1.29 is 20.4 Å². The summed E-state index contributed by atoms with van der Waals surface area (Å²) in [7, 11) is 1.25. The van der Waals surface area contributed by atoms with Gasteiger partial charge in [0.2, 0.25) is 0 Å². The van der Waals surface area contributed by atoms with E-state index in [9.17, 15) is 0 Å². The molecule has 132 valence electrons. The van der Waals surface area contributed by atoms with Gasteiger partial charge >= 0.3 is 39.3 Å². The molecule has 0 fully saturated rings. The van der Waals surface area contributed by atoms with Crippen molar-refractivity contribution in [2.75, 3.05) is 19.6 Å². The Morgan fingerprint density at radius 2 is 1.41 bits per heavy atom. The van der Waals surface area contributed by atoms with Crippen LogP contribution in [-0.4, -0.2) is 48.8 Å². The number of ether oxygens (including phenoxy) is 2. The summed E-state index contributed by atoms with van der Waals surface area (Å²) in [4.78, 5) is 10.9. The number of amidine groups is 2. The third-order valence-electron chi connectivity index (χ3n) is 3.59. The Bertz CT molecular complexity index is 372. The van der Waals surface area contributed by atoms with Crippen LogP contribution in [-0.2, 0) is 20.4 Å². The minimum atomic E-state index is 0.173. The van der Waals surface area contributed by atoms with Gasteiger partial charge in [0.15, 0.2) is 0 Å². The molecule has 0 bridgehead atoms. The van der Waals surface area contributed by atoms with Gasteiger partial charge in [-0.3, -0.25) is 4.90 Å². The third-order valence-corrected chi connectivity index (χ3v) is 3.59. The van der Waals surface area contributed by atoms with Crippen LogP contribution in [0.25, 0.3) is 0 Å². The van der Waals surface area contributed by atoms with E-state index in [-0.39, 0.29) is 12.2 Å². The summed E-state index contributed by atoms with van der Waals surface area (Å²) in [5.41, 5.74) is 0. The Kier molecular flexibility index (Phi) is 9.33. The van der Waals surface area contributed by atoms with Gasteiger partial charge in [-0.1, -0.05) is 27.7 Å². The molecule has 2 heterocycles. The quantitative estimate of drug-likeness (QED) is 0.571. The molecule has 2 aliphatic rings. The zero-order valence-electron chi connectivity index (χ0n) is 13.7. The van der Waals surface area contributed by atoms with Crippen LogP contribution in [0, 0.1) is 11.8 Å². The summed E-state index contributed by atoms with van der Waals surface area (Å²) in [6.07, 6.45) is 0.346. The molecule has 0 spiro atoms. The van der Waals surface area contributed by atoms with E-state index in [1.165, 1.54) is 10.9 Å². The van der Waals surface area contributed by atoms with Crippen molar-refractivity contribution in [2.45, 2.75) is 46.8 Å². The molecule has 0 N–H and O–H groups in total. The van der Waals surface area contributed by atoms with Crippen molar-refractivity contribution >= 4 is 40.5 Å². The van der Waals surface area contributed by atoms with Crippen molar-refractivity contribution in [2.24, 2.45) is 21.8 Å². The average molecular weight is 486 g/mol. The number of aliphatic imine (C=N–C) groups is 2. The summed E-state index contributed by atoms with van der Waals surface area (Å²) in [5, 5.41) is 0. The molecule has 0 radical (unpaired) electrons. The maximum absolute atomic E-state index is 5.90. The topological polar surface area (TPSA) is 46.4 Å². The summed E-state index contributed by atoms with van der Waals surface area (Å²) in [6, 6.07) is 1.31. The van der Waals surface area contributed by atoms with Gasteiger partial charge in [-0.25, -0.2) is 9.98 Å². The number of halogens is 2. The summed E-state index contributed by atoms with van der Waals surface area (Å²) in [5.74, 6) is 0.935. The molecule has 0 amide bonds. The SMILES string of the molecule is CCN(C1=NCC(C(C)C)O1)C1=NCC(C(C)C)O1.[Br][Ni][Br]. The molecule has 0 aliphatic carbocycles. The minimum absolute atomic E-state index is 0.173. The number of rotatable bonds is 3. The fourth-order valence-electron chi connectivity index (χ4n) is 2.10. The molecule has 5 nitrogen and oxygen atoms in total. The molecule has 0 aromatic carbocycles. The fourth-order valence-corrected chi connectivity index (χ4v) is 2.10. The van der Waals surface area contributed by atoms with Crippen LogP contribution in [0.1, 0.15) is 34.6 Å². The first-order valence-corrected chi connectivity index (χ1v) is 12.3. The molecule has 2 aliphatic heterocycles. The van der Waals surface area contributed by atoms with Gasteiger partial charge in [0.25, 0.3) is 12.0 Å². The van der Waals surface area contributed by atoms with Crippen molar-refractivity contribution in [3.8, 4) is 0 Å². The second-order valence-corrected chi connectivity index (χ2v) is 10.8. The molecule has 2 rings (SSSR count). The Labute approximate surface area is 153 Å². The molecule has 2 unspecified atom stereocenters. The van der Waals surface area contributed by atoms with Gasteiger partial charge < -0.3 is 9.47 Å². The standard InChI is InChI=1S/C14H25N3O2.2BrH.Ni/c1-6-17(13-15-7-11(18-13)9(2)3)14-16-8-12(19-14)10(4)5;;;/h9-12H,6-8H2,1-5H3;2*1H;/q;;;+2/p-2. The molecular formula is C14H25Br2N3NiO2. The van der Waals surface area contributed by atoms with E-state index >= 15 is 0 Å². The first-order chi connectivity index (χ1) is 10.4. The molecule has 0 aromatic heterocycles. The maximum atomic E-state index is 5.90. The van der Waals surface area contributed by atoms with E-state index in [4.69, 9.17) is 9.47 Å². The van der Waals surface area contributed by atoms with Crippen LogP contribution in [0.2, 0.25) is 0 Å². The molecule has 0 saturated heterocycles. The summed E-state index contributed by atoms with van der Waals surface area (Å²) >= 11 is 6.00. The average Bonchev–Trinajstić information content (AvgIpc) is 3.10. The van der Waals surface area contributed by atoms with Gasteiger partial charge in [0, 0.05) is 6.54 Å². The zero-order valence-corrected chi connectivity index (χ0v) is 17.8. The third kappa shape index (κ3) is 5.68. The normalized spacial score (nSPS) is 23.7. The Hall–Kier alpha value is 0.194. The number of hydrogen-bond acceptors (Lipinski definition) is 5. The van der Waals surface area contributed by atoms with Crippen LogP contribution in [0.3, 0.4) is 0 Å². The van der Waals surface area contributed by atoms with Crippen LogP contribution in [0.5, 0.6) is 0 Å². The predicted molar refractivity (Wildman–Crippen MR) is 94.3 cm³/mol. The molecule has 0 saturated carbocycles. The molecule has 0 aromatic rings. The van der Waals surface area contributed by atoms with E-state index in [1.807, 2.05) is 4.90 Å². The first kappa shape index (κ1) is 20.2. The van der Waals surface area contributed by atoms with Gasteiger partial charge in [-0.15, -0.1) is 0 Å². The Morgan fingerprint density at radius 3 is 1.64 bits per heavy atom.